The van der Waals surface area contributed by atoms with E-state index in [9.17, 15) is 0 Å². The first-order valence-electron chi connectivity index (χ1n) is 12.2. The van der Waals surface area contributed by atoms with Crippen molar-refractivity contribution in [1.82, 2.24) is 9.97 Å². The summed E-state index contributed by atoms with van der Waals surface area (Å²) in [4.78, 5) is 10.2. The first-order valence-corrected chi connectivity index (χ1v) is 12.2. The molecule has 0 spiro atoms. The number of hydrogen-bond acceptors (Lipinski definition) is 2. The third-order valence-electron chi connectivity index (χ3n) is 6.85. The smallest absolute Gasteiger partial charge is 0.160 e. The quantitative estimate of drug-likeness (QED) is 0.195. The molecule has 2 heteroatoms. The molecule has 0 bridgehead atoms. The predicted octanol–water partition coefficient (Wildman–Crippen LogP) is 8.94. The molecule has 0 aliphatic carbocycles. The Kier molecular flexibility index (Phi) is 4.82. The van der Waals surface area contributed by atoms with Crippen LogP contribution in [0.2, 0.25) is 0 Å². The van der Waals surface area contributed by atoms with E-state index in [-0.39, 0.29) is 0 Å². The van der Waals surface area contributed by atoms with E-state index in [0.717, 1.165) is 33.9 Å². The van der Waals surface area contributed by atoms with Gasteiger partial charge in [-0.1, -0.05) is 121 Å². The highest BCUT2D eigenvalue weighted by Gasteiger charge is 2.16. The highest BCUT2D eigenvalue weighted by atomic mass is 14.9. The van der Waals surface area contributed by atoms with Gasteiger partial charge >= 0.3 is 0 Å². The van der Waals surface area contributed by atoms with Gasteiger partial charge in [-0.15, -0.1) is 0 Å². The summed E-state index contributed by atoms with van der Waals surface area (Å²) in [7, 11) is 0. The Morgan fingerprint density at radius 3 is 1.75 bits per heavy atom. The minimum atomic E-state index is 0.730. The molecular formula is C34H22N2. The molecule has 0 atom stereocenters. The van der Waals surface area contributed by atoms with Crippen molar-refractivity contribution in [1.29, 1.82) is 0 Å². The molecule has 0 aliphatic rings. The van der Waals surface area contributed by atoms with Gasteiger partial charge in [0.15, 0.2) is 5.82 Å². The summed E-state index contributed by atoms with van der Waals surface area (Å²) in [5, 5.41) is 7.33. The van der Waals surface area contributed by atoms with Crippen LogP contribution < -0.4 is 0 Å². The van der Waals surface area contributed by atoms with Crippen LogP contribution in [0.5, 0.6) is 0 Å². The molecular weight excluding hydrogens is 436 g/mol. The number of hydrogen-bond donors (Lipinski definition) is 0. The molecule has 7 rings (SSSR count). The van der Waals surface area contributed by atoms with E-state index in [4.69, 9.17) is 9.97 Å². The second-order valence-electron chi connectivity index (χ2n) is 9.05. The number of nitrogens with zero attached hydrogens (tertiary/aromatic N) is 2. The molecule has 168 valence electrons. The Bertz CT molecular complexity index is 1820. The Balaban J connectivity index is 1.61. The highest BCUT2D eigenvalue weighted by molar-refractivity contribution is 6.19. The molecule has 0 N–H and O–H groups in total. The van der Waals surface area contributed by atoms with E-state index in [1.807, 2.05) is 24.3 Å². The normalized spacial score (nSPS) is 11.3. The van der Waals surface area contributed by atoms with Crippen LogP contribution in [0.25, 0.3) is 66.2 Å². The SMILES string of the molecule is c1ccc(-c2cc(-c3c4ccccc4cc4c3ccc3ccccc34)nc(-c3ccccc3)n2)cc1. The summed E-state index contributed by atoms with van der Waals surface area (Å²) >= 11 is 0. The van der Waals surface area contributed by atoms with Crippen molar-refractivity contribution in [2.75, 3.05) is 0 Å². The van der Waals surface area contributed by atoms with Crippen LogP contribution in [0.1, 0.15) is 0 Å². The standard InChI is InChI=1S/C34H22N2/c1-3-12-24(13-4-1)31-22-32(36-34(35-31)25-14-5-2-6-15-25)33-28-18-10-8-16-26(28)21-30-27-17-9-7-11-23(27)19-20-29(30)33/h1-22H. The molecule has 0 fully saturated rings. The summed E-state index contributed by atoms with van der Waals surface area (Å²) in [6.07, 6.45) is 0. The monoisotopic (exact) mass is 458 g/mol. The van der Waals surface area contributed by atoms with Gasteiger partial charge in [0.1, 0.15) is 0 Å². The van der Waals surface area contributed by atoms with Gasteiger partial charge in [0, 0.05) is 16.7 Å². The maximum absolute atomic E-state index is 5.17. The number of benzene rings is 6. The van der Waals surface area contributed by atoms with Gasteiger partial charge in [-0.2, -0.15) is 0 Å². The number of fused-ring (bicyclic) bond motifs is 4. The Morgan fingerprint density at radius 1 is 0.361 bits per heavy atom. The lowest BCUT2D eigenvalue weighted by Gasteiger charge is -2.15. The van der Waals surface area contributed by atoms with E-state index in [1.54, 1.807) is 0 Å². The number of rotatable bonds is 3. The van der Waals surface area contributed by atoms with Crippen molar-refractivity contribution < 1.29 is 0 Å². The van der Waals surface area contributed by atoms with Gasteiger partial charge in [-0.05, 0) is 44.5 Å². The molecule has 0 radical (unpaired) electrons. The Hall–Kier alpha value is -4.82. The molecule has 6 aromatic carbocycles. The minimum Gasteiger partial charge on any atom is -0.228 e. The molecule has 0 amide bonds. The number of aromatic nitrogens is 2. The first kappa shape index (κ1) is 20.5. The fraction of sp³-hybridized carbons (Fsp3) is 0. The van der Waals surface area contributed by atoms with Crippen molar-refractivity contribution in [2.45, 2.75) is 0 Å². The first-order chi connectivity index (χ1) is 17.8. The van der Waals surface area contributed by atoms with E-state index >= 15 is 0 Å². The lowest BCUT2D eigenvalue weighted by atomic mass is 9.91. The average molecular weight is 459 g/mol. The van der Waals surface area contributed by atoms with Crippen LogP contribution in [0.4, 0.5) is 0 Å². The van der Waals surface area contributed by atoms with Crippen LogP contribution in [0, 0.1) is 0 Å². The summed E-state index contributed by atoms with van der Waals surface area (Å²) in [6.45, 7) is 0. The van der Waals surface area contributed by atoms with Crippen LogP contribution in [-0.2, 0) is 0 Å². The Morgan fingerprint density at radius 2 is 0.972 bits per heavy atom. The summed E-state index contributed by atoms with van der Waals surface area (Å²) < 4.78 is 0. The minimum absolute atomic E-state index is 0.730. The maximum atomic E-state index is 5.17. The van der Waals surface area contributed by atoms with Gasteiger partial charge in [0.05, 0.1) is 11.4 Å². The van der Waals surface area contributed by atoms with Crippen molar-refractivity contribution >= 4 is 32.3 Å². The molecule has 0 saturated heterocycles. The fourth-order valence-corrected chi connectivity index (χ4v) is 5.14. The summed E-state index contributed by atoms with van der Waals surface area (Å²) in [5.74, 6) is 0.730. The zero-order valence-electron chi connectivity index (χ0n) is 19.6. The zero-order chi connectivity index (χ0) is 23.9. The van der Waals surface area contributed by atoms with Gasteiger partial charge in [-0.25, -0.2) is 9.97 Å². The van der Waals surface area contributed by atoms with E-state index < -0.39 is 0 Å². The molecule has 1 aromatic heterocycles. The second kappa shape index (κ2) is 8.44. The fourth-order valence-electron chi connectivity index (χ4n) is 5.14. The van der Waals surface area contributed by atoms with Crippen LogP contribution in [-0.4, -0.2) is 9.97 Å². The topological polar surface area (TPSA) is 25.8 Å². The van der Waals surface area contributed by atoms with Crippen molar-refractivity contribution in [3.63, 3.8) is 0 Å². The van der Waals surface area contributed by atoms with Crippen molar-refractivity contribution in [2.24, 2.45) is 0 Å². The lowest BCUT2D eigenvalue weighted by Crippen LogP contribution is -1.97. The zero-order valence-corrected chi connectivity index (χ0v) is 19.6. The van der Waals surface area contributed by atoms with Crippen molar-refractivity contribution in [3.8, 4) is 33.9 Å². The third-order valence-corrected chi connectivity index (χ3v) is 6.85. The van der Waals surface area contributed by atoms with Gasteiger partial charge in [0.25, 0.3) is 0 Å². The van der Waals surface area contributed by atoms with Crippen LogP contribution in [0.15, 0.2) is 133 Å². The second-order valence-corrected chi connectivity index (χ2v) is 9.05. The highest BCUT2D eigenvalue weighted by Crippen LogP contribution is 2.40. The average Bonchev–Trinajstić information content (AvgIpc) is 2.96. The molecule has 2 nitrogen and oxygen atoms in total. The van der Waals surface area contributed by atoms with Crippen LogP contribution in [0.3, 0.4) is 0 Å². The Labute approximate surface area is 209 Å². The third kappa shape index (κ3) is 3.43. The molecule has 1 heterocycles. The molecule has 7 aromatic rings. The van der Waals surface area contributed by atoms with Gasteiger partial charge in [-0.3, -0.25) is 0 Å². The molecule has 0 aliphatic heterocycles. The van der Waals surface area contributed by atoms with Gasteiger partial charge in [0.2, 0.25) is 0 Å². The van der Waals surface area contributed by atoms with Crippen molar-refractivity contribution in [3.05, 3.63) is 133 Å². The van der Waals surface area contributed by atoms with E-state index in [1.165, 1.54) is 32.3 Å². The van der Waals surface area contributed by atoms with Gasteiger partial charge < -0.3 is 0 Å². The van der Waals surface area contributed by atoms with E-state index in [2.05, 4.69) is 109 Å². The maximum Gasteiger partial charge on any atom is 0.160 e. The molecule has 36 heavy (non-hydrogen) atoms. The largest absolute Gasteiger partial charge is 0.228 e. The summed E-state index contributed by atoms with van der Waals surface area (Å²) in [5.41, 5.74) is 5.08. The molecule has 0 unspecified atom stereocenters. The summed E-state index contributed by atoms with van der Waals surface area (Å²) in [6, 6.07) is 46.7. The van der Waals surface area contributed by atoms with Crippen LogP contribution >= 0.6 is 0 Å². The lowest BCUT2D eigenvalue weighted by molar-refractivity contribution is 1.19. The molecule has 0 saturated carbocycles. The van der Waals surface area contributed by atoms with E-state index in [0.29, 0.717) is 0 Å². The predicted molar refractivity (Wildman–Crippen MR) is 151 cm³/mol.